The number of aryl methyl sites for hydroxylation is 1. The van der Waals surface area contributed by atoms with E-state index >= 15 is 0 Å². The van der Waals surface area contributed by atoms with Gasteiger partial charge in [0, 0.05) is 23.4 Å². The van der Waals surface area contributed by atoms with E-state index in [9.17, 15) is 19.7 Å². The van der Waals surface area contributed by atoms with Crippen LogP contribution >= 0.6 is 0 Å². The van der Waals surface area contributed by atoms with E-state index in [4.69, 9.17) is 4.74 Å². The van der Waals surface area contributed by atoms with Crippen molar-refractivity contribution in [3.05, 3.63) is 94.0 Å². The second-order valence-electron chi connectivity index (χ2n) is 6.93. The van der Waals surface area contributed by atoms with Gasteiger partial charge in [-0.05, 0) is 61.9 Å². The molecule has 0 fully saturated rings. The molecule has 2 N–H and O–H groups in total. The summed E-state index contributed by atoms with van der Waals surface area (Å²) in [5, 5.41) is 16.1. The lowest BCUT2D eigenvalue weighted by Gasteiger charge is -2.14. The van der Waals surface area contributed by atoms with Crippen LogP contribution in [0.3, 0.4) is 0 Å². The molecule has 0 aliphatic rings. The van der Waals surface area contributed by atoms with Crippen molar-refractivity contribution in [1.29, 1.82) is 0 Å². The zero-order valence-electron chi connectivity index (χ0n) is 17.0. The summed E-state index contributed by atoms with van der Waals surface area (Å²) >= 11 is 0. The van der Waals surface area contributed by atoms with Crippen LogP contribution in [0.5, 0.6) is 11.5 Å². The van der Waals surface area contributed by atoms with Crippen LogP contribution in [0.1, 0.15) is 22.8 Å². The number of nitro groups is 1. The number of anilines is 1. The molecule has 0 aromatic heterocycles. The van der Waals surface area contributed by atoms with Gasteiger partial charge in [0.1, 0.15) is 17.5 Å². The summed E-state index contributed by atoms with van der Waals surface area (Å²) in [5.74, 6) is 0.337. The van der Waals surface area contributed by atoms with Crippen molar-refractivity contribution in [2.75, 3.05) is 5.32 Å². The topological polar surface area (TPSA) is 111 Å². The van der Waals surface area contributed by atoms with Gasteiger partial charge in [-0.3, -0.25) is 19.7 Å². The Hall–Kier alpha value is -4.20. The first kappa shape index (κ1) is 21.5. The first-order valence-electron chi connectivity index (χ1n) is 9.52. The molecule has 0 saturated carbocycles. The Morgan fingerprint density at radius 3 is 2.35 bits per heavy atom. The van der Waals surface area contributed by atoms with Crippen molar-refractivity contribution in [2.24, 2.45) is 0 Å². The summed E-state index contributed by atoms with van der Waals surface area (Å²) in [6.07, 6.45) is 0. The Kier molecular flexibility index (Phi) is 6.61. The van der Waals surface area contributed by atoms with Crippen molar-refractivity contribution >= 4 is 23.2 Å². The van der Waals surface area contributed by atoms with Crippen LogP contribution in [0.25, 0.3) is 0 Å². The molecule has 0 radical (unpaired) electrons. The second kappa shape index (κ2) is 9.53. The zero-order chi connectivity index (χ0) is 22.4. The Bertz CT molecular complexity index is 1110. The molecule has 0 spiro atoms. The fourth-order valence-electron chi connectivity index (χ4n) is 2.78. The van der Waals surface area contributed by atoms with Crippen molar-refractivity contribution in [2.45, 2.75) is 19.9 Å². The van der Waals surface area contributed by atoms with E-state index in [2.05, 4.69) is 10.6 Å². The minimum Gasteiger partial charge on any atom is -0.457 e. The molecule has 2 amide bonds. The molecule has 0 saturated heterocycles. The van der Waals surface area contributed by atoms with E-state index < -0.39 is 22.8 Å². The van der Waals surface area contributed by atoms with E-state index in [1.807, 2.05) is 31.2 Å². The van der Waals surface area contributed by atoms with Crippen LogP contribution in [-0.2, 0) is 4.79 Å². The summed E-state index contributed by atoms with van der Waals surface area (Å²) in [6, 6.07) is 19.0. The predicted octanol–water partition coefficient (Wildman–Crippen LogP) is 4.45. The number of carbonyl (C=O) groups is 2. The van der Waals surface area contributed by atoms with Gasteiger partial charge in [-0.1, -0.05) is 18.2 Å². The number of amides is 2. The van der Waals surface area contributed by atoms with E-state index in [1.54, 1.807) is 24.3 Å². The van der Waals surface area contributed by atoms with Gasteiger partial charge >= 0.3 is 0 Å². The minimum absolute atomic E-state index is 0.103. The molecular formula is C23H21N3O5. The second-order valence-corrected chi connectivity index (χ2v) is 6.93. The molecule has 3 rings (SSSR count). The number of non-ortho nitro benzene ring substituents is 1. The number of ether oxygens (including phenoxy) is 1. The van der Waals surface area contributed by atoms with E-state index in [0.717, 1.165) is 11.6 Å². The smallest absolute Gasteiger partial charge is 0.270 e. The molecule has 3 aromatic rings. The maximum Gasteiger partial charge on any atom is 0.270 e. The van der Waals surface area contributed by atoms with Gasteiger partial charge in [0.15, 0.2) is 0 Å². The molecule has 0 aliphatic carbocycles. The van der Waals surface area contributed by atoms with Crippen LogP contribution < -0.4 is 15.4 Å². The molecule has 0 bridgehead atoms. The molecule has 0 aliphatic heterocycles. The number of carbonyl (C=O) groups excluding carboxylic acids is 2. The summed E-state index contributed by atoms with van der Waals surface area (Å²) in [5.41, 5.74) is 1.53. The van der Waals surface area contributed by atoms with Gasteiger partial charge in [0.2, 0.25) is 5.91 Å². The van der Waals surface area contributed by atoms with Crippen molar-refractivity contribution < 1.29 is 19.2 Å². The minimum atomic E-state index is -0.852. The highest BCUT2D eigenvalue weighted by Gasteiger charge is 2.18. The molecule has 8 heteroatoms. The third-order valence-corrected chi connectivity index (χ3v) is 4.41. The van der Waals surface area contributed by atoms with Crippen LogP contribution in [0.15, 0.2) is 72.8 Å². The van der Waals surface area contributed by atoms with Gasteiger partial charge in [-0.15, -0.1) is 0 Å². The maximum absolute atomic E-state index is 12.4. The Balaban J connectivity index is 1.57. The zero-order valence-corrected chi connectivity index (χ0v) is 17.0. The van der Waals surface area contributed by atoms with Gasteiger partial charge < -0.3 is 15.4 Å². The van der Waals surface area contributed by atoms with E-state index in [1.165, 1.54) is 25.1 Å². The molecule has 3 aromatic carbocycles. The standard InChI is InChI=1S/C23H21N3O5/c1-15-5-3-8-21(13-15)31-20-11-9-18(10-12-20)25-22(27)16(2)24-23(28)17-6-4-7-19(14-17)26(29)30/h3-14,16H,1-2H3,(H,24,28)(H,25,27)/t16-/m0/s1. The monoisotopic (exact) mass is 419 g/mol. The summed E-state index contributed by atoms with van der Waals surface area (Å²) in [4.78, 5) is 35.0. The van der Waals surface area contributed by atoms with Crippen molar-refractivity contribution in [1.82, 2.24) is 5.32 Å². The highest BCUT2D eigenvalue weighted by molar-refractivity contribution is 6.01. The molecule has 158 valence electrons. The molecule has 1 atom stereocenters. The fraction of sp³-hybridized carbons (Fsp3) is 0.130. The first-order chi connectivity index (χ1) is 14.8. The third-order valence-electron chi connectivity index (χ3n) is 4.41. The van der Waals surface area contributed by atoms with Gasteiger partial charge in [-0.25, -0.2) is 0 Å². The largest absolute Gasteiger partial charge is 0.457 e. The van der Waals surface area contributed by atoms with Crippen LogP contribution in [0.2, 0.25) is 0 Å². The number of benzene rings is 3. The molecule has 0 heterocycles. The van der Waals surface area contributed by atoms with Crippen LogP contribution in [0, 0.1) is 17.0 Å². The number of hydrogen-bond acceptors (Lipinski definition) is 5. The molecule has 8 nitrogen and oxygen atoms in total. The number of nitro benzene ring substituents is 1. The number of nitrogens with one attached hydrogen (secondary N) is 2. The van der Waals surface area contributed by atoms with E-state index in [0.29, 0.717) is 17.2 Å². The molecular weight excluding hydrogens is 398 g/mol. The van der Waals surface area contributed by atoms with Gasteiger partial charge in [0.05, 0.1) is 4.92 Å². The van der Waals surface area contributed by atoms with Crippen LogP contribution in [0.4, 0.5) is 11.4 Å². The fourth-order valence-corrected chi connectivity index (χ4v) is 2.78. The van der Waals surface area contributed by atoms with Crippen LogP contribution in [-0.4, -0.2) is 22.8 Å². The number of rotatable bonds is 7. The average molecular weight is 419 g/mol. The van der Waals surface area contributed by atoms with E-state index in [-0.39, 0.29) is 11.3 Å². The average Bonchev–Trinajstić information content (AvgIpc) is 2.75. The Labute approximate surface area is 179 Å². The quantitative estimate of drug-likeness (QED) is 0.434. The SMILES string of the molecule is Cc1cccc(Oc2ccc(NC(=O)[C@H](C)NC(=O)c3cccc([N+](=O)[O-])c3)cc2)c1. The third kappa shape index (κ3) is 5.89. The summed E-state index contributed by atoms with van der Waals surface area (Å²) < 4.78 is 5.78. The number of hydrogen-bond donors (Lipinski definition) is 2. The van der Waals surface area contributed by atoms with Crippen molar-refractivity contribution in [3.8, 4) is 11.5 Å². The number of nitrogens with zero attached hydrogens (tertiary/aromatic N) is 1. The maximum atomic E-state index is 12.4. The summed E-state index contributed by atoms with van der Waals surface area (Å²) in [6.45, 7) is 3.50. The van der Waals surface area contributed by atoms with Gasteiger partial charge in [0.25, 0.3) is 11.6 Å². The lowest BCUT2D eigenvalue weighted by molar-refractivity contribution is -0.384. The van der Waals surface area contributed by atoms with Gasteiger partial charge in [-0.2, -0.15) is 0 Å². The highest BCUT2D eigenvalue weighted by atomic mass is 16.6. The lowest BCUT2D eigenvalue weighted by Crippen LogP contribution is -2.41. The Morgan fingerprint density at radius 1 is 0.968 bits per heavy atom. The Morgan fingerprint density at radius 2 is 1.68 bits per heavy atom. The van der Waals surface area contributed by atoms with Crippen molar-refractivity contribution in [3.63, 3.8) is 0 Å². The molecule has 0 unspecified atom stereocenters. The summed E-state index contributed by atoms with van der Waals surface area (Å²) in [7, 11) is 0. The first-order valence-corrected chi connectivity index (χ1v) is 9.52. The molecule has 31 heavy (non-hydrogen) atoms. The predicted molar refractivity (Wildman–Crippen MR) is 116 cm³/mol. The highest BCUT2D eigenvalue weighted by Crippen LogP contribution is 2.23. The lowest BCUT2D eigenvalue weighted by atomic mass is 10.1. The normalized spacial score (nSPS) is 11.3.